The number of nitrogens with zero attached hydrogens (tertiary/aromatic N) is 5. The van der Waals surface area contributed by atoms with E-state index in [1.165, 1.54) is 4.57 Å². The van der Waals surface area contributed by atoms with Gasteiger partial charge in [0.1, 0.15) is 0 Å². The largest absolute Gasteiger partial charge is 0.309 e. The molecule has 56 heavy (non-hydrogen) atoms. The highest BCUT2D eigenvalue weighted by Gasteiger charge is 2.23. The lowest BCUT2D eigenvalue weighted by Crippen LogP contribution is -2.06. The van der Waals surface area contributed by atoms with Crippen molar-refractivity contribution in [3.8, 4) is 56.7 Å². The summed E-state index contributed by atoms with van der Waals surface area (Å²) in [5.74, 6) is 0.375. The predicted molar refractivity (Wildman–Crippen MR) is 230 cm³/mol. The van der Waals surface area contributed by atoms with Crippen LogP contribution in [-0.2, 0) is 0 Å². The number of hydrogen-bond acceptors (Lipinski definition) is 3. The summed E-state index contributed by atoms with van der Waals surface area (Å²) in [5.41, 5.74) is 5.13. The maximum Gasteiger partial charge on any atom is 0.238 e. The van der Waals surface area contributed by atoms with Gasteiger partial charge < -0.3 is 4.57 Å². The van der Waals surface area contributed by atoms with Gasteiger partial charge in [0, 0.05) is 38.2 Å². The van der Waals surface area contributed by atoms with E-state index in [1.54, 1.807) is 16.7 Å². The van der Waals surface area contributed by atoms with Crippen LogP contribution in [-0.4, -0.2) is 24.1 Å². The van der Waals surface area contributed by atoms with Crippen LogP contribution in [0.5, 0.6) is 0 Å². The van der Waals surface area contributed by atoms with Crippen LogP contribution in [0.25, 0.3) is 100 Å². The molecule has 0 bridgehead atoms. The molecule has 0 aliphatic carbocycles. The minimum absolute atomic E-state index is 0.0173. The maximum absolute atomic E-state index is 9.95. The van der Waals surface area contributed by atoms with E-state index in [-0.39, 0.29) is 73.3 Å². The van der Waals surface area contributed by atoms with Crippen molar-refractivity contribution in [3.05, 3.63) is 200 Å². The van der Waals surface area contributed by atoms with Crippen molar-refractivity contribution in [3.63, 3.8) is 0 Å². The lowest BCUT2D eigenvalue weighted by atomic mass is 10.0. The number of hydrogen-bond donors (Lipinski definition) is 0. The van der Waals surface area contributed by atoms with Crippen LogP contribution >= 0.6 is 0 Å². The Morgan fingerprint density at radius 1 is 0.357 bits per heavy atom. The van der Waals surface area contributed by atoms with E-state index in [9.17, 15) is 8.22 Å². The van der Waals surface area contributed by atoms with Gasteiger partial charge in [-0.1, -0.05) is 170 Å². The van der Waals surface area contributed by atoms with Gasteiger partial charge in [0.15, 0.2) is 11.6 Å². The van der Waals surface area contributed by atoms with Crippen LogP contribution in [0.15, 0.2) is 200 Å². The van der Waals surface area contributed by atoms with E-state index in [4.69, 9.17) is 20.4 Å². The number of fused-ring (bicyclic) bond motifs is 7. The molecular weight excluding hydrogens is 683 g/mol. The summed E-state index contributed by atoms with van der Waals surface area (Å²) in [5, 5.41) is 0.171. The molecule has 0 radical (unpaired) electrons. The first-order valence-electron chi connectivity index (χ1n) is 23.1. The summed E-state index contributed by atoms with van der Waals surface area (Å²) < 4.78 is 96.3. The molecule has 11 aromatic rings. The van der Waals surface area contributed by atoms with Crippen molar-refractivity contribution < 1.29 is 13.7 Å². The maximum atomic E-state index is 9.95. The molecule has 5 heteroatoms. The first-order valence-corrected chi connectivity index (χ1v) is 18.1. The molecule has 0 atom stereocenters. The molecule has 3 heterocycles. The van der Waals surface area contributed by atoms with Crippen LogP contribution in [0.2, 0.25) is 0 Å². The van der Waals surface area contributed by atoms with Gasteiger partial charge in [-0.05, 0) is 46.9 Å². The molecule has 0 N–H and O–H groups in total. The van der Waals surface area contributed by atoms with Gasteiger partial charge in [0.2, 0.25) is 5.95 Å². The van der Waals surface area contributed by atoms with Gasteiger partial charge in [-0.25, -0.2) is 4.98 Å². The molecule has 3 aromatic heterocycles. The van der Waals surface area contributed by atoms with Gasteiger partial charge in [-0.15, -0.1) is 0 Å². The number of para-hydroxylation sites is 3. The van der Waals surface area contributed by atoms with Gasteiger partial charge in [-0.2, -0.15) is 9.97 Å². The van der Waals surface area contributed by atoms with Crippen molar-refractivity contribution in [2.45, 2.75) is 0 Å². The molecule has 0 fully saturated rings. The Balaban J connectivity index is 1.33. The van der Waals surface area contributed by atoms with Gasteiger partial charge in [0.25, 0.3) is 0 Å². The van der Waals surface area contributed by atoms with Crippen molar-refractivity contribution >= 4 is 43.6 Å². The van der Waals surface area contributed by atoms with E-state index in [1.807, 2.05) is 127 Å². The van der Waals surface area contributed by atoms with E-state index >= 15 is 0 Å². The number of rotatable bonds is 6. The molecule has 0 unspecified atom stereocenters. The monoisotopic (exact) mass is 725 g/mol. The highest BCUT2D eigenvalue weighted by Crippen LogP contribution is 2.43. The summed E-state index contributed by atoms with van der Waals surface area (Å²) in [6.45, 7) is 0. The van der Waals surface area contributed by atoms with Crippen molar-refractivity contribution in [1.82, 2.24) is 24.1 Å². The Morgan fingerprint density at radius 3 is 1.43 bits per heavy atom. The normalized spacial score (nSPS) is 14.1. The zero-order chi connectivity index (χ0) is 45.7. The summed E-state index contributed by atoms with van der Waals surface area (Å²) >= 11 is 0. The van der Waals surface area contributed by atoms with E-state index in [0.717, 1.165) is 16.7 Å². The van der Waals surface area contributed by atoms with Gasteiger partial charge >= 0.3 is 0 Å². The Morgan fingerprint density at radius 2 is 0.804 bits per heavy atom. The van der Waals surface area contributed by atoms with E-state index < -0.39 is 48.3 Å². The van der Waals surface area contributed by atoms with Gasteiger partial charge in [-0.3, -0.25) is 4.57 Å². The summed E-state index contributed by atoms with van der Waals surface area (Å²) in [6, 6.07) is 38.9. The van der Waals surface area contributed by atoms with Crippen LogP contribution in [0.3, 0.4) is 0 Å². The van der Waals surface area contributed by atoms with Crippen molar-refractivity contribution in [1.29, 1.82) is 0 Å². The fraction of sp³-hybridized carbons (Fsp3) is 0. The first kappa shape index (κ1) is 23.2. The highest BCUT2D eigenvalue weighted by atomic mass is 15.2. The second kappa shape index (κ2) is 13.0. The average molecular weight is 726 g/mol. The molecule has 0 spiro atoms. The Kier molecular flexibility index (Phi) is 5.41. The molecule has 0 aliphatic rings. The molecule has 8 aromatic carbocycles. The highest BCUT2D eigenvalue weighted by molar-refractivity contribution is 6.29. The lowest BCUT2D eigenvalue weighted by molar-refractivity contribution is 0.953. The third-order valence-corrected chi connectivity index (χ3v) is 10.1. The summed E-state index contributed by atoms with van der Waals surface area (Å²) in [7, 11) is 0. The molecule has 262 valence electrons. The zero-order valence-electron chi connectivity index (χ0n) is 39.5. The molecule has 11 rings (SSSR count). The first-order chi connectivity index (χ1) is 32.0. The predicted octanol–water partition coefficient (Wildman–Crippen LogP) is 12.7. The topological polar surface area (TPSA) is 48.5 Å². The van der Waals surface area contributed by atoms with E-state index in [0.29, 0.717) is 22.4 Å². The fourth-order valence-electron chi connectivity index (χ4n) is 7.56. The molecule has 5 nitrogen and oxygen atoms in total. The number of aromatic nitrogens is 5. The number of benzene rings is 8. The van der Waals surface area contributed by atoms with Crippen molar-refractivity contribution in [2.75, 3.05) is 0 Å². The summed E-state index contributed by atoms with van der Waals surface area (Å²) in [6.07, 6.45) is 0. The van der Waals surface area contributed by atoms with Crippen LogP contribution in [0.4, 0.5) is 0 Å². The fourth-order valence-corrected chi connectivity index (χ4v) is 7.56. The van der Waals surface area contributed by atoms with Gasteiger partial charge in [0.05, 0.1) is 41.5 Å². The lowest BCUT2D eigenvalue weighted by Gasteiger charge is -2.14. The molecule has 0 saturated carbocycles. The third kappa shape index (κ3) is 5.13. The standard InChI is InChI=1S/C51H33N5/c1-4-16-34(17-5-1)35-28-30-38(31-29-35)50-52-49(37-20-8-3-9-21-37)53-51(54-50)56-44-27-15-12-24-41(44)48-46(56)33-32-45-47(48)40-23-11-14-26-43(40)55(45)42-25-13-10-22-39(42)36-18-6-2-7-19-36/h1-33H/i11D,12D,14D,15D,23D,24D,26D,27D,32D,33D. The SMILES string of the molecule is [2H]c1c([2H])c([2H])c2c(c1[2H])c1c3c4c([2H])c([2H])c([2H])c([2H])c4n(-c4ccccc4-c4ccccc4)c3c([2H])c([2H])c1n2-c1nc(-c2ccccc2)nc(-c2ccc(-c3ccccc3)cc2)n1. The average Bonchev–Trinajstić information content (AvgIpc) is 3.91. The Labute approximate surface area is 337 Å². The third-order valence-electron chi connectivity index (χ3n) is 10.1. The minimum atomic E-state index is -0.555. The quantitative estimate of drug-likeness (QED) is 0.171. The van der Waals surface area contributed by atoms with Crippen LogP contribution in [0, 0.1) is 0 Å². The molecular formula is C51H33N5. The van der Waals surface area contributed by atoms with Crippen LogP contribution < -0.4 is 0 Å². The molecule has 0 aliphatic heterocycles. The van der Waals surface area contributed by atoms with E-state index in [2.05, 4.69) is 0 Å². The molecule has 0 saturated heterocycles. The van der Waals surface area contributed by atoms with Crippen LogP contribution in [0.1, 0.15) is 13.7 Å². The Bertz CT molecular complexity index is 3800. The second-order valence-electron chi connectivity index (χ2n) is 13.3. The van der Waals surface area contributed by atoms with Crippen molar-refractivity contribution in [2.24, 2.45) is 0 Å². The molecule has 0 amide bonds. The Hall–Kier alpha value is -7.63. The smallest absolute Gasteiger partial charge is 0.238 e. The summed E-state index contributed by atoms with van der Waals surface area (Å²) in [4.78, 5) is 14.8. The zero-order valence-corrected chi connectivity index (χ0v) is 29.5. The minimum Gasteiger partial charge on any atom is -0.309 e. The second-order valence-corrected chi connectivity index (χ2v) is 13.3.